The highest BCUT2D eigenvalue weighted by molar-refractivity contribution is 7.99. The molecule has 0 aliphatic heterocycles. The second-order valence-electron chi connectivity index (χ2n) is 6.67. The summed E-state index contributed by atoms with van der Waals surface area (Å²) in [7, 11) is 0. The number of H-pyrrole nitrogens is 1. The summed E-state index contributed by atoms with van der Waals surface area (Å²) in [5, 5.41) is 4.55. The van der Waals surface area contributed by atoms with E-state index in [9.17, 15) is 4.79 Å². The molecule has 3 aromatic carbocycles. The fourth-order valence-electron chi connectivity index (χ4n) is 3.67. The number of carbonyl (C=O) groups excluding carboxylic acids is 1. The molecule has 0 bridgehead atoms. The van der Waals surface area contributed by atoms with Crippen LogP contribution in [0.5, 0.6) is 0 Å². The maximum absolute atomic E-state index is 12.7. The van der Waals surface area contributed by atoms with Crippen LogP contribution < -0.4 is 5.32 Å². The van der Waals surface area contributed by atoms with Gasteiger partial charge in [-0.2, -0.15) is 0 Å². The predicted molar refractivity (Wildman–Crippen MR) is 114 cm³/mol. The van der Waals surface area contributed by atoms with Crippen LogP contribution in [0, 0.1) is 0 Å². The van der Waals surface area contributed by atoms with E-state index in [0.717, 1.165) is 22.2 Å². The summed E-state index contributed by atoms with van der Waals surface area (Å²) in [5.74, 6) is 0.258. The normalized spacial score (nSPS) is 12.8. The Balaban J connectivity index is 1.33. The highest BCUT2D eigenvalue weighted by Gasteiger charge is 2.29. The van der Waals surface area contributed by atoms with Crippen LogP contribution in [-0.2, 0) is 4.79 Å². The number of halogens is 1. The fraction of sp³-hybridized carbons (Fsp3) is 0.0909. The van der Waals surface area contributed by atoms with Gasteiger partial charge in [-0.1, -0.05) is 71.9 Å². The Hall–Kier alpha value is -2.76. The molecule has 4 aromatic rings. The van der Waals surface area contributed by atoms with Crippen molar-refractivity contribution in [2.75, 3.05) is 5.75 Å². The molecule has 0 atom stereocenters. The number of imidazole rings is 1. The van der Waals surface area contributed by atoms with Gasteiger partial charge in [-0.05, 0) is 40.5 Å². The first-order valence-electron chi connectivity index (χ1n) is 8.95. The first kappa shape index (κ1) is 17.3. The minimum atomic E-state index is -0.116. The molecule has 1 heterocycles. The zero-order valence-electron chi connectivity index (χ0n) is 14.8. The number of nitrogens with zero attached hydrogens (tertiary/aromatic N) is 1. The summed E-state index contributed by atoms with van der Waals surface area (Å²) in [6, 6.07) is 21.8. The minimum absolute atomic E-state index is 0.0278. The van der Waals surface area contributed by atoms with E-state index in [4.69, 9.17) is 11.6 Å². The van der Waals surface area contributed by atoms with Crippen molar-refractivity contribution in [1.82, 2.24) is 15.3 Å². The van der Waals surface area contributed by atoms with E-state index in [1.54, 1.807) is 6.07 Å². The molecular formula is C22H16ClN3OS. The van der Waals surface area contributed by atoms with Gasteiger partial charge in [0, 0.05) is 5.02 Å². The SMILES string of the molecule is O=C(CSc1nc2ccc(Cl)cc2[nH]1)NC1c2ccccc2-c2ccccc21. The Kier molecular flexibility index (Phi) is 4.34. The molecule has 5 rings (SSSR count). The van der Waals surface area contributed by atoms with Crippen LogP contribution >= 0.6 is 23.4 Å². The summed E-state index contributed by atoms with van der Waals surface area (Å²) >= 11 is 7.40. The number of thioether (sulfide) groups is 1. The lowest BCUT2D eigenvalue weighted by atomic mass is 10.1. The first-order valence-corrected chi connectivity index (χ1v) is 10.3. The number of hydrogen-bond donors (Lipinski definition) is 2. The van der Waals surface area contributed by atoms with Crippen LogP contribution in [0.3, 0.4) is 0 Å². The predicted octanol–water partition coefficient (Wildman–Crippen LogP) is 5.19. The largest absolute Gasteiger partial charge is 0.344 e. The molecule has 138 valence electrons. The van der Waals surface area contributed by atoms with Gasteiger partial charge in [-0.25, -0.2) is 4.98 Å². The van der Waals surface area contributed by atoms with E-state index in [0.29, 0.717) is 10.2 Å². The molecule has 28 heavy (non-hydrogen) atoms. The molecule has 4 nitrogen and oxygen atoms in total. The van der Waals surface area contributed by atoms with Crippen LogP contribution in [0.4, 0.5) is 0 Å². The zero-order chi connectivity index (χ0) is 19.1. The molecule has 0 saturated heterocycles. The van der Waals surface area contributed by atoms with Crippen LogP contribution in [0.2, 0.25) is 5.02 Å². The van der Waals surface area contributed by atoms with Crippen molar-refractivity contribution in [1.29, 1.82) is 0 Å². The summed E-state index contributed by atoms with van der Waals surface area (Å²) in [5.41, 5.74) is 6.36. The summed E-state index contributed by atoms with van der Waals surface area (Å²) in [6.07, 6.45) is 0. The summed E-state index contributed by atoms with van der Waals surface area (Å²) in [4.78, 5) is 20.4. The van der Waals surface area contributed by atoms with E-state index >= 15 is 0 Å². The Morgan fingerprint density at radius 1 is 1.04 bits per heavy atom. The van der Waals surface area contributed by atoms with Gasteiger partial charge >= 0.3 is 0 Å². The van der Waals surface area contributed by atoms with Gasteiger partial charge in [0.05, 0.1) is 22.8 Å². The molecule has 0 unspecified atom stereocenters. The lowest BCUT2D eigenvalue weighted by molar-refractivity contribution is -0.119. The number of aromatic amines is 1. The van der Waals surface area contributed by atoms with E-state index in [2.05, 4.69) is 39.6 Å². The molecule has 2 N–H and O–H groups in total. The minimum Gasteiger partial charge on any atom is -0.344 e. The van der Waals surface area contributed by atoms with Gasteiger partial charge in [-0.15, -0.1) is 0 Å². The molecule has 0 fully saturated rings. The maximum Gasteiger partial charge on any atom is 0.231 e. The third-order valence-electron chi connectivity index (χ3n) is 4.90. The Labute approximate surface area is 171 Å². The molecule has 0 saturated carbocycles. The van der Waals surface area contributed by atoms with Gasteiger partial charge in [0.2, 0.25) is 5.91 Å². The van der Waals surface area contributed by atoms with Gasteiger partial charge in [0.1, 0.15) is 0 Å². The highest BCUT2D eigenvalue weighted by atomic mass is 35.5. The van der Waals surface area contributed by atoms with Gasteiger partial charge in [0.25, 0.3) is 0 Å². The van der Waals surface area contributed by atoms with Gasteiger partial charge in [-0.3, -0.25) is 4.79 Å². The molecule has 1 aliphatic carbocycles. The summed E-state index contributed by atoms with van der Waals surface area (Å²) < 4.78 is 0. The van der Waals surface area contributed by atoms with Crippen molar-refractivity contribution in [3.05, 3.63) is 82.9 Å². The smallest absolute Gasteiger partial charge is 0.231 e. The Morgan fingerprint density at radius 2 is 1.71 bits per heavy atom. The van der Waals surface area contributed by atoms with Crippen molar-refractivity contribution in [3.63, 3.8) is 0 Å². The molecule has 1 aliphatic rings. The van der Waals surface area contributed by atoms with Crippen LogP contribution in [0.25, 0.3) is 22.2 Å². The molecule has 1 amide bonds. The zero-order valence-corrected chi connectivity index (χ0v) is 16.3. The van der Waals surface area contributed by atoms with Crippen molar-refractivity contribution >= 4 is 40.3 Å². The number of carbonyl (C=O) groups is 1. The van der Waals surface area contributed by atoms with Crippen molar-refractivity contribution in [2.24, 2.45) is 0 Å². The quantitative estimate of drug-likeness (QED) is 0.459. The van der Waals surface area contributed by atoms with Gasteiger partial charge in [0.15, 0.2) is 5.16 Å². The lowest BCUT2D eigenvalue weighted by Gasteiger charge is -2.15. The second kappa shape index (κ2) is 7.00. The van der Waals surface area contributed by atoms with Crippen LogP contribution in [0.1, 0.15) is 17.2 Å². The number of aromatic nitrogens is 2. The number of benzene rings is 3. The standard InChI is InChI=1S/C22H16ClN3OS/c23-13-9-10-18-19(11-13)25-22(24-18)28-12-20(27)26-21-16-7-3-1-5-14(16)15-6-2-4-8-17(15)21/h1-11,21H,12H2,(H,24,25)(H,26,27). The highest BCUT2D eigenvalue weighted by Crippen LogP contribution is 2.43. The van der Waals surface area contributed by atoms with Gasteiger partial charge < -0.3 is 10.3 Å². The molecule has 0 radical (unpaired) electrons. The maximum atomic E-state index is 12.7. The number of nitrogens with one attached hydrogen (secondary N) is 2. The Morgan fingerprint density at radius 3 is 2.43 bits per heavy atom. The lowest BCUT2D eigenvalue weighted by Crippen LogP contribution is -2.29. The fourth-order valence-corrected chi connectivity index (χ4v) is 4.54. The van der Waals surface area contributed by atoms with E-state index < -0.39 is 0 Å². The van der Waals surface area contributed by atoms with Crippen molar-refractivity contribution in [3.8, 4) is 11.1 Å². The third-order valence-corrected chi connectivity index (χ3v) is 6.01. The molecule has 6 heteroatoms. The second-order valence-corrected chi connectivity index (χ2v) is 8.07. The van der Waals surface area contributed by atoms with E-state index in [1.165, 1.54) is 22.9 Å². The average Bonchev–Trinajstić information content (AvgIpc) is 3.26. The topological polar surface area (TPSA) is 57.8 Å². The monoisotopic (exact) mass is 405 g/mol. The molecule has 0 spiro atoms. The Bertz CT molecular complexity index is 1160. The molecular weight excluding hydrogens is 390 g/mol. The van der Waals surface area contributed by atoms with E-state index in [1.807, 2.05) is 36.4 Å². The van der Waals surface area contributed by atoms with Crippen LogP contribution in [-0.4, -0.2) is 21.6 Å². The van der Waals surface area contributed by atoms with Crippen LogP contribution in [0.15, 0.2) is 71.9 Å². The summed E-state index contributed by atoms with van der Waals surface area (Å²) in [6.45, 7) is 0. The van der Waals surface area contributed by atoms with Crippen molar-refractivity contribution in [2.45, 2.75) is 11.2 Å². The molecule has 1 aromatic heterocycles. The number of fused-ring (bicyclic) bond motifs is 4. The number of amides is 1. The first-order chi connectivity index (χ1) is 13.7. The van der Waals surface area contributed by atoms with Crippen molar-refractivity contribution < 1.29 is 4.79 Å². The van der Waals surface area contributed by atoms with E-state index in [-0.39, 0.29) is 17.7 Å². The third kappa shape index (κ3) is 3.07. The average molecular weight is 406 g/mol. The number of hydrogen-bond acceptors (Lipinski definition) is 3. The number of rotatable bonds is 4.